The minimum Gasteiger partial charge on any atom is -0.379 e. The van der Waals surface area contributed by atoms with E-state index in [1.54, 1.807) is 0 Å². The van der Waals surface area contributed by atoms with Gasteiger partial charge in [-0.3, -0.25) is 0 Å². The van der Waals surface area contributed by atoms with Crippen LogP contribution in [0, 0.1) is 4.91 Å². The molecule has 0 aliphatic heterocycles. The minimum absolute atomic E-state index is 0.384. The third kappa shape index (κ3) is 55.1. The van der Waals surface area contributed by atoms with Gasteiger partial charge in [0.2, 0.25) is 0 Å². The molecule has 1 unspecified atom stereocenters. The van der Waals surface area contributed by atoms with Crippen LogP contribution in [0.2, 0.25) is 0 Å². The predicted molar refractivity (Wildman–Crippen MR) is 31.5 cm³/mol. The van der Waals surface area contributed by atoms with E-state index in [9.17, 15) is 0 Å². The number of nitrogens with two attached hydrogens (primary N) is 1. The van der Waals surface area contributed by atoms with Crippen molar-refractivity contribution in [3.05, 3.63) is 4.91 Å². The molecule has 0 spiro atoms. The number of hydrogen-bond donors (Lipinski definition) is 2. The second kappa shape index (κ2) is 9.61. The van der Waals surface area contributed by atoms with Crippen LogP contribution in [0.4, 0.5) is 0 Å². The molecule has 4 heteroatoms. The standard InChI is InChI=1S/C4H11N.HNO2/c1-3-4(2)5;2-1-3/h4H,3,5H2,1-2H3;(H,2,3). The fourth-order valence-electron chi connectivity index (χ4n) is 0. The third-order valence-corrected chi connectivity index (χ3v) is 0.644. The molecule has 0 radical (unpaired) electrons. The lowest BCUT2D eigenvalue weighted by atomic mass is 10.3. The van der Waals surface area contributed by atoms with Crippen molar-refractivity contribution in [2.75, 3.05) is 0 Å². The van der Waals surface area contributed by atoms with Gasteiger partial charge in [0.25, 0.3) is 0 Å². The lowest BCUT2D eigenvalue weighted by molar-refractivity contribution is 0.312. The van der Waals surface area contributed by atoms with Crippen LogP contribution in [0.15, 0.2) is 5.34 Å². The molecule has 0 aromatic heterocycles. The Morgan fingerprint density at radius 1 is 1.88 bits per heavy atom. The van der Waals surface area contributed by atoms with Crippen LogP contribution in [-0.4, -0.2) is 11.2 Å². The molecule has 1 atom stereocenters. The lowest BCUT2D eigenvalue weighted by Crippen LogP contribution is -2.11. The Morgan fingerprint density at radius 3 is 2.00 bits per heavy atom. The van der Waals surface area contributed by atoms with E-state index >= 15 is 0 Å². The summed E-state index contributed by atoms with van der Waals surface area (Å²) in [7, 11) is 0. The summed E-state index contributed by atoms with van der Waals surface area (Å²) in [5.41, 5.74) is 5.29. The second-order valence-corrected chi connectivity index (χ2v) is 1.47. The molecule has 0 amide bonds. The summed E-state index contributed by atoms with van der Waals surface area (Å²) in [6.07, 6.45) is 1.08. The zero-order valence-corrected chi connectivity index (χ0v) is 5.16. The molecular weight excluding hydrogens is 108 g/mol. The minimum atomic E-state index is 0.384. The van der Waals surface area contributed by atoms with Gasteiger partial charge < -0.3 is 10.9 Å². The zero-order chi connectivity index (χ0) is 6.99. The fourth-order valence-corrected chi connectivity index (χ4v) is 0. The van der Waals surface area contributed by atoms with E-state index in [-0.39, 0.29) is 0 Å². The van der Waals surface area contributed by atoms with Gasteiger partial charge in [-0.05, 0) is 13.3 Å². The van der Waals surface area contributed by atoms with Crippen molar-refractivity contribution in [3.8, 4) is 0 Å². The highest BCUT2D eigenvalue weighted by Gasteiger charge is 1.79. The van der Waals surface area contributed by atoms with Crippen LogP contribution >= 0.6 is 0 Å². The molecular formula is C4H12N2O2. The smallest absolute Gasteiger partial charge is 0.152 e. The van der Waals surface area contributed by atoms with Gasteiger partial charge in [-0.1, -0.05) is 6.92 Å². The molecule has 0 heterocycles. The molecule has 4 nitrogen and oxygen atoms in total. The molecule has 0 aliphatic rings. The van der Waals surface area contributed by atoms with Gasteiger partial charge in [0, 0.05) is 6.04 Å². The first-order chi connectivity index (χ1) is 3.68. The molecule has 0 aromatic rings. The summed E-state index contributed by atoms with van der Waals surface area (Å²) in [5, 5.41) is 7.89. The molecule has 8 heavy (non-hydrogen) atoms. The van der Waals surface area contributed by atoms with Gasteiger partial charge >= 0.3 is 0 Å². The van der Waals surface area contributed by atoms with Gasteiger partial charge in [-0.15, -0.1) is 4.91 Å². The average Bonchev–Trinajstić information content (AvgIpc) is 1.69. The van der Waals surface area contributed by atoms with E-state index < -0.39 is 0 Å². The zero-order valence-electron chi connectivity index (χ0n) is 5.16. The van der Waals surface area contributed by atoms with Crippen molar-refractivity contribution < 1.29 is 5.21 Å². The first kappa shape index (κ1) is 10.4. The highest BCUT2D eigenvalue weighted by Crippen LogP contribution is 1.77. The number of nitrogens with zero attached hydrogens (tertiary/aromatic N) is 1. The summed E-state index contributed by atoms with van der Waals surface area (Å²) in [6, 6.07) is 0.384. The van der Waals surface area contributed by atoms with Crippen LogP contribution in [-0.2, 0) is 0 Å². The van der Waals surface area contributed by atoms with Crippen LogP contribution in [0.1, 0.15) is 20.3 Å². The molecule has 3 N–H and O–H groups in total. The van der Waals surface area contributed by atoms with Crippen LogP contribution in [0.3, 0.4) is 0 Å². The SMILES string of the molecule is CCC(C)N.O=NO. The van der Waals surface area contributed by atoms with Gasteiger partial charge in [0.05, 0.1) is 0 Å². The maximum absolute atomic E-state index is 8.11. The normalized spacial score (nSPS) is 10.9. The Balaban J connectivity index is 0. The van der Waals surface area contributed by atoms with Gasteiger partial charge in [0.15, 0.2) is 5.34 Å². The Morgan fingerprint density at radius 2 is 2.00 bits per heavy atom. The maximum atomic E-state index is 8.11. The second-order valence-electron chi connectivity index (χ2n) is 1.47. The summed E-state index contributed by atoms with van der Waals surface area (Å²) < 4.78 is 0. The lowest BCUT2D eigenvalue weighted by Gasteiger charge is -1.91. The molecule has 0 rings (SSSR count). The van der Waals surface area contributed by atoms with E-state index in [0.29, 0.717) is 6.04 Å². The monoisotopic (exact) mass is 120 g/mol. The fraction of sp³-hybridized carbons (Fsp3) is 1.00. The molecule has 0 saturated heterocycles. The first-order valence-electron chi connectivity index (χ1n) is 2.41. The summed E-state index contributed by atoms with van der Waals surface area (Å²) in [4.78, 5) is 8.11. The van der Waals surface area contributed by atoms with E-state index in [1.165, 1.54) is 5.34 Å². The van der Waals surface area contributed by atoms with Crippen molar-refractivity contribution in [1.82, 2.24) is 0 Å². The van der Waals surface area contributed by atoms with E-state index in [0.717, 1.165) is 6.42 Å². The quantitative estimate of drug-likeness (QED) is 0.398. The van der Waals surface area contributed by atoms with Crippen molar-refractivity contribution >= 4 is 0 Å². The van der Waals surface area contributed by atoms with Crippen molar-refractivity contribution in [3.63, 3.8) is 0 Å². The van der Waals surface area contributed by atoms with Crippen LogP contribution in [0.5, 0.6) is 0 Å². The van der Waals surface area contributed by atoms with Gasteiger partial charge in [-0.2, -0.15) is 0 Å². The highest BCUT2D eigenvalue weighted by atomic mass is 16.6. The van der Waals surface area contributed by atoms with E-state index in [2.05, 4.69) is 6.92 Å². The Labute approximate surface area is 48.6 Å². The van der Waals surface area contributed by atoms with Crippen molar-refractivity contribution in [1.29, 1.82) is 0 Å². The Hall–Kier alpha value is -0.640. The molecule has 0 saturated carbocycles. The Bertz CT molecular complexity index is 47.3. The Kier molecular flexibility index (Phi) is 12.5. The number of rotatable bonds is 1. The molecule has 0 bridgehead atoms. The van der Waals surface area contributed by atoms with Crippen LogP contribution < -0.4 is 5.73 Å². The van der Waals surface area contributed by atoms with Crippen molar-refractivity contribution in [2.45, 2.75) is 26.3 Å². The van der Waals surface area contributed by atoms with Gasteiger partial charge in [0.1, 0.15) is 0 Å². The third-order valence-electron chi connectivity index (χ3n) is 0.644. The average molecular weight is 120 g/mol. The van der Waals surface area contributed by atoms with Crippen LogP contribution in [0.25, 0.3) is 0 Å². The molecule has 0 aliphatic carbocycles. The van der Waals surface area contributed by atoms with E-state index in [4.69, 9.17) is 15.8 Å². The highest BCUT2D eigenvalue weighted by molar-refractivity contribution is 4.43. The largest absolute Gasteiger partial charge is 0.379 e. The molecule has 0 fully saturated rings. The number of hydrogen-bond acceptors (Lipinski definition) is 3. The van der Waals surface area contributed by atoms with Gasteiger partial charge in [-0.25, -0.2) is 0 Å². The van der Waals surface area contributed by atoms with Crippen molar-refractivity contribution in [2.24, 2.45) is 11.1 Å². The summed E-state index contributed by atoms with van der Waals surface area (Å²) >= 11 is 0. The molecule has 50 valence electrons. The summed E-state index contributed by atoms with van der Waals surface area (Å²) in [6.45, 7) is 4.07. The topological polar surface area (TPSA) is 75.7 Å². The summed E-state index contributed by atoms with van der Waals surface area (Å²) in [5.74, 6) is 0. The predicted octanol–water partition coefficient (Wildman–Crippen LogP) is 0.886. The molecule has 0 aromatic carbocycles. The van der Waals surface area contributed by atoms with E-state index in [1.807, 2.05) is 6.92 Å². The first-order valence-corrected chi connectivity index (χ1v) is 2.41. The maximum Gasteiger partial charge on any atom is 0.152 e.